The van der Waals surface area contributed by atoms with E-state index in [2.05, 4.69) is 50.2 Å². The average molecular weight is 585 g/mol. The van der Waals surface area contributed by atoms with Crippen molar-refractivity contribution in [3.63, 3.8) is 0 Å². The van der Waals surface area contributed by atoms with Gasteiger partial charge in [0.2, 0.25) is 0 Å². The predicted molar refractivity (Wildman–Crippen MR) is 170 cm³/mol. The third-order valence-electron chi connectivity index (χ3n) is 14.2. The van der Waals surface area contributed by atoms with Gasteiger partial charge in [-0.05, 0) is 170 Å². The first-order valence-corrected chi connectivity index (χ1v) is 17.5. The van der Waals surface area contributed by atoms with E-state index in [1.165, 1.54) is 88.2 Å². The predicted octanol–water partition coefficient (Wildman–Crippen LogP) is 8.84. The quantitative estimate of drug-likeness (QED) is 0.318. The van der Waals surface area contributed by atoms with Gasteiger partial charge in [0.25, 0.3) is 0 Å². The van der Waals surface area contributed by atoms with Gasteiger partial charge in [-0.2, -0.15) is 0 Å². The zero-order valence-electron chi connectivity index (χ0n) is 26.9. The van der Waals surface area contributed by atoms with E-state index in [0.29, 0.717) is 30.8 Å². The maximum Gasteiger partial charge on any atom is 0.147 e. The minimum Gasteiger partial charge on any atom is -0.497 e. The Balaban J connectivity index is 0.901. The van der Waals surface area contributed by atoms with Crippen LogP contribution in [-0.2, 0) is 22.3 Å². The van der Waals surface area contributed by atoms with E-state index < -0.39 is 0 Å². The highest BCUT2D eigenvalue weighted by Crippen LogP contribution is 2.63. The summed E-state index contributed by atoms with van der Waals surface area (Å²) in [5, 5.41) is 0. The van der Waals surface area contributed by atoms with Gasteiger partial charge < -0.3 is 18.9 Å². The van der Waals surface area contributed by atoms with E-state index in [0.717, 1.165) is 35.2 Å². The van der Waals surface area contributed by atoms with Crippen molar-refractivity contribution in [2.24, 2.45) is 34.5 Å². The number of rotatable bonds is 6. The molecule has 43 heavy (non-hydrogen) atoms. The number of ether oxygens (including phenoxy) is 4. The van der Waals surface area contributed by atoms with Crippen molar-refractivity contribution < 1.29 is 18.9 Å². The van der Waals surface area contributed by atoms with Gasteiger partial charge in [0.1, 0.15) is 18.3 Å². The summed E-state index contributed by atoms with van der Waals surface area (Å²) >= 11 is 0. The fraction of sp³-hybridized carbons (Fsp3) is 0.692. The summed E-state index contributed by atoms with van der Waals surface area (Å²) in [6, 6.07) is 13.7. The molecular weight excluding hydrogens is 532 g/mol. The highest BCUT2D eigenvalue weighted by molar-refractivity contribution is 5.42. The second-order valence-corrected chi connectivity index (χ2v) is 15.6. The lowest BCUT2D eigenvalue weighted by Gasteiger charge is -2.51. The Bertz CT molecular complexity index is 1250. The van der Waals surface area contributed by atoms with E-state index in [4.69, 9.17) is 18.9 Å². The van der Waals surface area contributed by atoms with E-state index in [9.17, 15) is 0 Å². The Kier molecular flexibility index (Phi) is 7.14. The van der Waals surface area contributed by atoms with Gasteiger partial charge in [-0.25, -0.2) is 0 Å². The molecule has 4 nitrogen and oxygen atoms in total. The van der Waals surface area contributed by atoms with Crippen molar-refractivity contribution in [1.29, 1.82) is 0 Å². The molecule has 4 heteroatoms. The molecule has 0 radical (unpaired) electrons. The van der Waals surface area contributed by atoms with Crippen molar-refractivity contribution in [3.8, 4) is 11.5 Å². The molecule has 0 aliphatic heterocycles. The molecule has 2 aromatic carbocycles. The van der Waals surface area contributed by atoms with Gasteiger partial charge in [0.05, 0.1) is 26.4 Å². The minimum atomic E-state index is 0.285. The zero-order chi connectivity index (χ0) is 29.3. The number of hydrogen-bond donors (Lipinski definition) is 0. The molecule has 8 rings (SSSR count). The summed E-state index contributed by atoms with van der Waals surface area (Å²) < 4.78 is 24.6. The molecule has 0 bridgehead atoms. The molecule has 0 aromatic heterocycles. The fourth-order valence-electron chi connectivity index (χ4n) is 12.0. The van der Waals surface area contributed by atoms with Crippen LogP contribution in [0.2, 0.25) is 0 Å². The Hall–Kier alpha value is -2.04. The van der Waals surface area contributed by atoms with E-state index >= 15 is 0 Å². The average Bonchev–Trinajstić information content (AvgIpc) is 3.56. The molecule has 2 aromatic rings. The molecule has 232 valence electrons. The van der Waals surface area contributed by atoms with Crippen LogP contribution in [0.4, 0.5) is 0 Å². The molecule has 10 atom stereocenters. The van der Waals surface area contributed by atoms with Crippen molar-refractivity contribution >= 4 is 0 Å². The van der Waals surface area contributed by atoms with Crippen molar-refractivity contribution in [2.45, 2.75) is 115 Å². The van der Waals surface area contributed by atoms with Crippen LogP contribution in [0.15, 0.2) is 36.4 Å². The molecule has 4 fully saturated rings. The molecule has 0 heterocycles. The van der Waals surface area contributed by atoms with E-state index in [1.54, 1.807) is 25.3 Å². The van der Waals surface area contributed by atoms with Crippen LogP contribution in [0.5, 0.6) is 11.5 Å². The van der Waals surface area contributed by atoms with Crippen LogP contribution >= 0.6 is 0 Å². The number of aryl methyl sites for hydroxylation is 2. The first-order chi connectivity index (χ1) is 20.9. The minimum absolute atomic E-state index is 0.285. The Labute approximate surface area is 259 Å². The number of fused-ring (bicyclic) bond motifs is 10. The maximum absolute atomic E-state index is 6.77. The third-order valence-corrected chi connectivity index (χ3v) is 14.2. The molecular formula is C39H52O4. The van der Waals surface area contributed by atoms with Crippen molar-refractivity contribution in [1.82, 2.24) is 0 Å². The molecule has 0 spiro atoms. The van der Waals surface area contributed by atoms with Crippen LogP contribution in [-0.4, -0.2) is 33.2 Å². The Morgan fingerprint density at radius 3 is 1.51 bits per heavy atom. The van der Waals surface area contributed by atoms with Crippen LogP contribution in [0.1, 0.15) is 112 Å². The lowest BCUT2D eigenvalue weighted by atomic mass is 9.55. The summed E-state index contributed by atoms with van der Waals surface area (Å²) in [7, 11) is 3.57. The van der Waals surface area contributed by atoms with Gasteiger partial charge >= 0.3 is 0 Å². The lowest BCUT2D eigenvalue weighted by molar-refractivity contribution is -0.176. The van der Waals surface area contributed by atoms with E-state index in [1.807, 2.05) is 0 Å². The smallest absolute Gasteiger partial charge is 0.147 e. The summed E-state index contributed by atoms with van der Waals surface area (Å²) in [5.74, 6) is 6.55. The monoisotopic (exact) mass is 584 g/mol. The summed E-state index contributed by atoms with van der Waals surface area (Å²) in [5.41, 5.74) is 6.83. The van der Waals surface area contributed by atoms with Crippen LogP contribution in [0, 0.1) is 34.5 Å². The second-order valence-electron chi connectivity index (χ2n) is 15.6. The SMILES string of the molecule is COc1ccc2c(c1)CCC1C2CCC2(C)C(OCOC3CCC4C5CCc6cc(OC)ccc6C5CCC34C)CCC12. The van der Waals surface area contributed by atoms with Crippen molar-refractivity contribution in [2.75, 3.05) is 21.0 Å². The number of benzene rings is 2. The second kappa shape index (κ2) is 10.8. The Morgan fingerprint density at radius 2 is 1.07 bits per heavy atom. The molecule has 0 N–H and O–H groups in total. The standard InChI is InChI=1S/C39H52O4/c1-38-19-17-30-28-11-7-26(40-3)21-24(28)5-9-32(30)34(38)13-15-36(38)42-23-43-37-16-14-35-33-10-6-25-22-27(41-4)8-12-29(25)31(33)18-20-39(35,37)2/h7-8,11-12,21-22,30-37H,5-6,9-10,13-20,23H2,1-4H3. The molecule has 6 aliphatic carbocycles. The molecule has 0 saturated heterocycles. The third kappa shape index (κ3) is 4.43. The van der Waals surface area contributed by atoms with Gasteiger partial charge in [0.15, 0.2) is 0 Å². The van der Waals surface area contributed by atoms with Crippen LogP contribution in [0.25, 0.3) is 0 Å². The number of hydrogen-bond acceptors (Lipinski definition) is 4. The van der Waals surface area contributed by atoms with Crippen LogP contribution in [0.3, 0.4) is 0 Å². The molecule has 6 aliphatic rings. The summed E-state index contributed by atoms with van der Waals surface area (Å²) in [6.45, 7) is 5.59. The first-order valence-electron chi connectivity index (χ1n) is 17.5. The maximum atomic E-state index is 6.77. The lowest BCUT2D eigenvalue weighted by Crippen LogP contribution is -2.46. The fourth-order valence-corrected chi connectivity index (χ4v) is 12.0. The molecule has 4 saturated carbocycles. The van der Waals surface area contributed by atoms with Gasteiger partial charge in [-0.15, -0.1) is 0 Å². The molecule has 0 amide bonds. The van der Waals surface area contributed by atoms with E-state index in [-0.39, 0.29) is 10.8 Å². The largest absolute Gasteiger partial charge is 0.497 e. The highest BCUT2D eigenvalue weighted by Gasteiger charge is 2.57. The van der Waals surface area contributed by atoms with Crippen LogP contribution < -0.4 is 9.47 Å². The molecule has 10 unspecified atom stereocenters. The first kappa shape index (κ1) is 28.4. The van der Waals surface area contributed by atoms with Gasteiger partial charge in [-0.3, -0.25) is 0 Å². The van der Waals surface area contributed by atoms with Gasteiger partial charge in [-0.1, -0.05) is 26.0 Å². The number of methoxy groups -OCH3 is 2. The summed E-state index contributed by atoms with van der Waals surface area (Å²) in [4.78, 5) is 0. The van der Waals surface area contributed by atoms with Crippen molar-refractivity contribution in [3.05, 3.63) is 58.7 Å². The zero-order valence-corrected chi connectivity index (χ0v) is 26.9. The topological polar surface area (TPSA) is 36.9 Å². The normalized spacial score (nSPS) is 40.8. The highest BCUT2D eigenvalue weighted by atomic mass is 16.7. The Morgan fingerprint density at radius 1 is 0.605 bits per heavy atom. The summed E-state index contributed by atoms with van der Waals surface area (Å²) in [6.07, 6.45) is 15.8. The van der Waals surface area contributed by atoms with Gasteiger partial charge in [0, 0.05) is 0 Å².